The largest absolute Gasteiger partial charge is 0.497 e. The number of anilines is 3. The number of carbonyl (C=O) groups excluding carboxylic acids is 1. The van der Waals surface area contributed by atoms with E-state index in [0.717, 1.165) is 12.1 Å². The van der Waals surface area contributed by atoms with Crippen molar-refractivity contribution in [1.29, 1.82) is 0 Å². The second-order valence-corrected chi connectivity index (χ2v) is 5.96. The predicted octanol–water partition coefficient (Wildman–Crippen LogP) is 4.05. The number of rotatable bonds is 7. The number of nitrogens with zero attached hydrogens (tertiary/aromatic N) is 2. The molecule has 0 saturated carbocycles. The smallest absolute Gasteiger partial charge is 0.274 e. The van der Waals surface area contributed by atoms with Crippen LogP contribution in [0.1, 0.15) is 23.0 Å². The van der Waals surface area contributed by atoms with Crippen LogP contribution in [0.25, 0.3) is 0 Å². The van der Waals surface area contributed by atoms with Gasteiger partial charge in [0.1, 0.15) is 17.2 Å². The highest BCUT2D eigenvalue weighted by atomic mass is 16.5. The van der Waals surface area contributed by atoms with Crippen molar-refractivity contribution in [3.8, 4) is 11.5 Å². The standard InChI is InChI=1S/C21H22N4O3/c1-4-14-5-7-15(8-6-14)23-21-22-12-11-17(25-21)20(26)24-18-13-16(27-2)9-10-19(18)28-3/h5-13H,4H2,1-3H3,(H,24,26)(H,22,23,25). The maximum atomic E-state index is 12.6. The molecule has 3 aromatic rings. The summed E-state index contributed by atoms with van der Waals surface area (Å²) in [4.78, 5) is 21.1. The Hall–Kier alpha value is -3.61. The Morgan fingerprint density at radius 3 is 2.50 bits per heavy atom. The van der Waals surface area contributed by atoms with Crippen LogP contribution in [0.5, 0.6) is 11.5 Å². The van der Waals surface area contributed by atoms with E-state index in [2.05, 4.69) is 27.5 Å². The number of carbonyl (C=O) groups is 1. The van der Waals surface area contributed by atoms with E-state index in [-0.39, 0.29) is 11.6 Å². The van der Waals surface area contributed by atoms with Crippen LogP contribution in [-0.2, 0) is 6.42 Å². The van der Waals surface area contributed by atoms with E-state index in [1.54, 1.807) is 31.4 Å². The lowest BCUT2D eigenvalue weighted by Gasteiger charge is -2.12. The van der Waals surface area contributed by atoms with Crippen molar-refractivity contribution in [3.05, 3.63) is 66.0 Å². The molecule has 3 rings (SSSR count). The minimum Gasteiger partial charge on any atom is -0.497 e. The molecule has 1 heterocycles. The Labute approximate surface area is 163 Å². The fraction of sp³-hybridized carbons (Fsp3) is 0.190. The van der Waals surface area contributed by atoms with Crippen LogP contribution in [0.15, 0.2) is 54.7 Å². The monoisotopic (exact) mass is 378 g/mol. The van der Waals surface area contributed by atoms with Gasteiger partial charge in [0.2, 0.25) is 5.95 Å². The van der Waals surface area contributed by atoms with Gasteiger partial charge in [0.15, 0.2) is 0 Å². The molecule has 7 heteroatoms. The molecule has 0 spiro atoms. The zero-order chi connectivity index (χ0) is 19.9. The quantitative estimate of drug-likeness (QED) is 0.645. The summed E-state index contributed by atoms with van der Waals surface area (Å²) in [7, 11) is 3.09. The molecule has 2 aromatic carbocycles. The molecule has 0 radical (unpaired) electrons. The lowest BCUT2D eigenvalue weighted by Crippen LogP contribution is -2.15. The molecule has 0 atom stereocenters. The lowest BCUT2D eigenvalue weighted by molar-refractivity contribution is 0.102. The topological polar surface area (TPSA) is 85.4 Å². The number of hydrogen-bond donors (Lipinski definition) is 2. The molecule has 0 aliphatic carbocycles. The number of aryl methyl sites for hydroxylation is 1. The van der Waals surface area contributed by atoms with Gasteiger partial charge < -0.3 is 20.1 Å². The molecule has 144 valence electrons. The van der Waals surface area contributed by atoms with Crippen LogP contribution in [0.3, 0.4) is 0 Å². The maximum Gasteiger partial charge on any atom is 0.274 e. The first-order chi connectivity index (χ1) is 13.6. The first kappa shape index (κ1) is 19.2. The highest BCUT2D eigenvalue weighted by Gasteiger charge is 2.13. The summed E-state index contributed by atoms with van der Waals surface area (Å²) >= 11 is 0. The summed E-state index contributed by atoms with van der Waals surface area (Å²) in [6.45, 7) is 2.10. The minimum atomic E-state index is -0.377. The second kappa shape index (κ2) is 8.85. The van der Waals surface area contributed by atoms with Crippen molar-refractivity contribution < 1.29 is 14.3 Å². The molecule has 0 aliphatic heterocycles. The molecule has 0 bridgehead atoms. The Morgan fingerprint density at radius 2 is 1.82 bits per heavy atom. The molecular weight excluding hydrogens is 356 g/mol. The van der Waals surface area contributed by atoms with Crippen molar-refractivity contribution in [1.82, 2.24) is 9.97 Å². The summed E-state index contributed by atoms with van der Waals surface area (Å²) < 4.78 is 10.5. The van der Waals surface area contributed by atoms with E-state index in [4.69, 9.17) is 9.47 Å². The first-order valence-electron chi connectivity index (χ1n) is 8.85. The van der Waals surface area contributed by atoms with Gasteiger partial charge in [-0.25, -0.2) is 9.97 Å². The van der Waals surface area contributed by atoms with Gasteiger partial charge in [0.05, 0.1) is 19.9 Å². The number of hydrogen-bond acceptors (Lipinski definition) is 6. The number of methoxy groups -OCH3 is 2. The highest BCUT2D eigenvalue weighted by Crippen LogP contribution is 2.29. The minimum absolute atomic E-state index is 0.229. The van der Waals surface area contributed by atoms with Gasteiger partial charge in [0, 0.05) is 18.0 Å². The van der Waals surface area contributed by atoms with Crippen LogP contribution < -0.4 is 20.1 Å². The predicted molar refractivity (Wildman–Crippen MR) is 109 cm³/mol. The van der Waals surface area contributed by atoms with Gasteiger partial charge in [-0.3, -0.25) is 4.79 Å². The summed E-state index contributed by atoms with van der Waals surface area (Å²) in [6, 6.07) is 14.7. The summed E-state index contributed by atoms with van der Waals surface area (Å²) in [5.41, 5.74) is 2.82. The van der Waals surface area contributed by atoms with Crippen molar-refractivity contribution >= 4 is 23.2 Å². The first-order valence-corrected chi connectivity index (χ1v) is 8.85. The van der Waals surface area contributed by atoms with Crippen molar-refractivity contribution in [2.75, 3.05) is 24.9 Å². The third-order valence-electron chi connectivity index (χ3n) is 4.16. The molecular formula is C21H22N4O3. The third kappa shape index (κ3) is 4.56. The molecule has 0 fully saturated rings. The lowest BCUT2D eigenvalue weighted by atomic mass is 10.1. The number of amides is 1. The number of nitrogens with one attached hydrogen (secondary N) is 2. The van der Waals surface area contributed by atoms with Crippen molar-refractivity contribution in [2.24, 2.45) is 0 Å². The molecule has 1 amide bonds. The van der Waals surface area contributed by atoms with E-state index in [9.17, 15) is 4.79 Å². The highest BCUT2D eigenvalue weighted by molar-refractivity contribution is 6.04. The van der Waals surface area contributed by atoms with Gasteiger partial charge in [-0.15, -0.1) is 0 Å². The number of benzene rings is 2. The molecule has 0 aliphatic rings. The Morgan fingerprint density at radius 1 is 1.04 bits per heavy atom. The fourth-order valence-corrected chi connectivity index (χ4v) is 2.60. The molecule has 0 unspecified atom stereocenters. The number of ether oxygens (including phenoxy) is 2. The third-order valence-corrected chi connectivity index (χ3v) is 4.16. The molecule has 2 N–H and O–H groups in total. The van der Waals surface area contributed by atoms with E-state index in [1.165, 1.54) is 18.9 Å². The Bertz CT molecular complexity index is 958. The van der Waals surface area contributed by atoms with Gasteiger partial charge >= 0.3 is 0 Å². The second-order valence-electron chi connectivity index (χ2n) is 5.96. The normalized spacial score (nSPS) is 10.2. The van der Waals surface area contributed by atoms with E-state index < -0.39 is 0 Å². The van der Waals surface area contributed by atoms with Crippen LogP contribution in [0, 0.1) is 0 Å². The van der Waals surface area contributed by atoms with Gasteiger partial charge in [-0.05, 0) is 42.3 Å². The van der Waals surface area contributed by atoms with Crippen LogP contribution in [-0.4, -0.2) is 30.1 Å². The maximum absolute atomic E-state index is 12.6. The van der Waals surface area contributed by atoms with Crippen molar-refractivity contribution in [2.45, 2.75) is 13.3 Å². The summed E-state index contributed by atoms with van der Waals surface area (Å²) in [6.07, 6.45) is 2.51. The van der Waals surface area contributed by atoms with Crippen LogP contribution in [0.4, 0.5) is 17.3 Å². The van der Waals surface area contributed by atoms with E-state index in [1.807, 2.05) is 24.3 Å². The molecule has 7 nitrogen and oxygen atoms in total. The summed E-state index contributed by atoms with van der Waals surface area (Å²) in [5, 5.41) is 5.90. The van der Waals surface area contributed by atoms with E-state index >= 15 is 0 Å². The fourth-order valence-electron chi connectivity index (χ4n) is 2.60. The Balaban J connectivity index is 1.76. The molecule has 0 saturated heterocycles. The summed E-state index contributed by atoms with van der Waals surface area (Å²) in [5.74, 6) is 1.10. The van der Waals surface area contributed by atoms with E-state index in [0.29, 0.717) is 23.1 Å². The average Bonchev–Trinajstić information content (AvgIpc) is 2.74. The average molecular weight is 378 g/mol. The SMILES string of the molecule is CCc1ccc(Nc2nccc(C(=O)Nc3cc(OC)ccc3OC)n2)cc1. The van der Waals surface area contributed by atoms with Gasteiger partial charge in [-0.1, -0.05) is 19.1 Å². The van der Waals surface area contributed by atoms with Gasteiger partial charge in [0.25, 0.3) is 5.91 Å². The molecule has 28 heavy (non-hydrogen) atoms. The zero-order valence-electron chi connectivity index (χ0n) is 16.0. The number of aromatic nitrogens is 2. The van der Waals surface area contributed by atoms with Crippen molar-refractivity contribution in [3.63, 3.8) is 0 Å². The zero-order valence-corrected chi connectivity index (χ0v) is 16.0. The Kier molecular flexibility index (Phi) is 6.06. The molecule has 1 aromatic heterocycles. The van der Waals surface area contributed by atoms with Gasteiger partial charge in [-0.2, -0.15) is 0 Å². The van der Waals surface area contributed by atoms with Crippen LogP contribution >= 0.6 is 0 Å². The van der Waals surface area contributed by atoms with Crippen LogP contribution in [0.2, 0.25) is 0 Å².